The number of amides is 2. The Morgan fingerprint density at radius 3 is 2.75 bits per heavy atom. The van der Waals surface area contributed by atoms with Crippen molar-refractivity contribution >= 4 is 6.03 Å². The fourth-order valence-corrected chi connectivity index (χ4v) is 1.34. The minimum atomic E-state index is -0.0229. The molecule has 1 heterocycles. The van der Waals surface area contributed by atoms with Crippen molar-refractivity contribution in [3.8, 4) is 0 Å². The number of pyridine rings is 1. The molecule has 2 amide bonds. The lowest BCUT2D eigenvalue weighted by atomic mass is 10.2. The largest absolute Gasteiger partial charge is 0.338 e. The molecule has 0 bridgehead atoms. The first kappa shape index (κ1) is 12.5. The Kier molecular flexibility index (Phi) is 5.32. The number of nitrogens with one attached hydrogen (secondary N) is 1. The molecule has 0 aliphatic rings. The molecule has 1 rings (SSSR count). The van der Waals surface area contributed by atoms with Crippen molar-refractivity contribution in [1.82, 2.24) is 15.2 Å². The van der Waals surface area contributed by atoms with Crippen LogP contribution in [0.1, 0.15) is 25.3 Å². The monoisotopic (exact) mass is 221 g/mol. The fourth-order valence-electron chi connectivity index (χ4n) is 1.34. The molecule has 0 atom stereocenters. The van der Waals surface area contributed by atoms with Gasteiger partial charge in [-0.25, -0.2) is 4.79 Å². The molecule has 0 aliphatic heterocycles. The summed E-state index contributed by atoms with van der Waals surface area (Å²) in [4.78, 5) is 17.2. The maximum absolute atomic E-state index is 11.6. The van der Waals surface area contributed by atoms with E-state index in [9.17, 15) is 4.79 Å². The average Bonchev–Trinajstić information content (AvgIpc) is 2.30. The van der Waals surface area contributed by atoms with Crippen molar-refractivity contribution in [2.75, 3.05) is 13.6 Å². The first-order valence-corrected chi connectivity index (χ1v) is 5.62. The summed E-state index contributed by atoms with van der Waals surface area (Å²) in [5, 5.41) is 2.87. The SMILES string of the molecule is CCCCNC(=O)N(C)Cc1ccncc1. The van der Waals surface area contributed by atoms with Crippen LogP contribution in [0.4, 0.5) is 4.79 Å². The quantitative estimate of drug-likeness (QED) is 0.773. The smallest absolute Gasteiger partial charge is 0.317 e. The first-order chi connectivity index (χ1) is 7.74. The van der Waals surface area contributed by atoms with E-state index in [0.29, 0.717) is 6.54 Å². The number of hydrogen-bond donors (Lipinski definition) is 1. The lowest BCUT2D eigenvalue weighted by Crippen LogP contribution is -2.37. The van der Waals surface area contributed by atoms with Gasteiger partial charge in [0.1, 0.15) is 0 Å². The van der Waals surface area contributed by atoms with Crippen molar-refractivity contribution in [3.63, 3.8) is 0 Å². The van der Waals surface area contributed by atoms with Gasteiger partial charge in [0.25, 0.3) is 0 Å². The molecular weight excluding hydrogens is 202 g/mol. The molecule has 0 aliphatic carbocycles. The second-order valence-electron chi connectivity index (χ2n) is 3.80. The number of carbonyl (C=O) groups is 1. The summed E-state index contributed by atoms with van der Waals surface area (Å²) >= 11 is 0. The number of unbranched alkanes of at least 4 members (excludes halogenated alkanes) is 1. The predicted octanol–water partition coefficient (Wildman–Crippen LogP) is 2.02. The van der Waals surface area contributed by atoms with Crippen molar-refractivity contribution < 1.29 is 4.79 Å². The molecule has 88 valence electrons. The molecule has 0 unspecified atom stereocenters. The maximum Gasteiger partial charge on any atom is 0.317 e. The van der Waals surface area contributed by atoms with Gasteiger partial charge in [-0.3, -0.25) is 4.98 Å². The van der Waals surface area contributed by atoms with Crippen LogP contribution < -0.4 is 5.32 Å². The number of carbonyl (C=O) groups excluding carboxylic acids is 1. The van der Waals surface area contributed by atoms with Crippen molar-refractivity contribution in [3.05, 3.63) is 30.1 Å². The van der Waals surface area contributed by atoms with Crippen LogP contribution in [0.5, 0.6) is 0 Å². The second kappa shape index (κ2) is 6.82. The van der Waals surface area contributed by atoms with Gasteiger partial charge in [0.15, 0.2) is 0 Å². The summed E-state index contributed by atoms with van der Waals surface area (Å²) in [6.07, 6.45) is 5.58. The fraction of sp³-hybridized carbons (Fsp3) is 0.500. The number of urea groups is 1. The standard InChI is InChI=1S/C12H19N3O/c1-3-4-7-14-12(16)15(2)10-11-5-8-13-9-6-11/h5-6,8-9H,3-4,7,10H2,1-2H3,(H,14,16). The third-order valence-corrected chi connectivity index (χ3v) is 2.32. The molecule has 1 aromatic heterocycles. The molecule has 0 spiro atoms. The number of rotatable bonds is 5. The molecule has 0 saturated heterocycles. The van der Waals surface area contributed by atoms with Crippen LogP contribution in [-0.4, -0.2) is 29.5 Å². The molecule has 0 aromatic carbocycles. The van der Waals surface area contributed by atoms with Crippen LogP contribution in [0.25, 0.3) is 0 Å². The second-order valence-corrected chi connectivity index (χ2v) is 3.80. The molecule has 0 radical (unpaired) electrons. The highest BCUT2D eigenvalue weighted by Gasteiger charge is 2.07. The van der Waals surface area contributed by atoms with Crippen LogP contribution in [0, 0.1) is 0 Å². The molecular formula is C12H19N3O. The highest BCUT2D eigenvalue weighted by molar-refractivity contribution is 5.73. The predicted molar refractivity (Wildman–Crippen MR) is 64.0 cm³/mol. The Labute approximate surface area is 96.7 Å². The Morgan fingerprint density at radius 2 is 2.12 bits per heavy atom. The summed E-state index contributed by atoms with van der Waals surface area (Å²) in [5.74, 6) is 0. The first-order valence-electron chi connectivity index (χ1n) is 5.62. The van der Waals surface area contributed by atoms with E-state index in [2.05, 4.69) is 17.2 Å². The number of aromatic nitrogens is 1. The van der Waals surface area contributed by atoms with Gasteiger partial charge in [-0.05, 0) is 24.1 Å². The van der Waals surface area contributed by atoms with Crippen molar-refractivity contribution in [1.29, 1.82) is 0 Å². The van der Waals surface area contributed by atoms with E-state index in [1.54, 1.807) is 24.3 Å². The Morgan fingerprint density at radius 1 is 1.44 bits per heavy atom. The van der Waals surface area contributed by atoms with Gasteiger partial charge in [0.2, 0.25) is 0 Å². The van der Waals surface area contributed by atoms with Gasteiger partial charge in [-0.15, -0.1) is 0 Å². The Balaban J connectivity index is 2.34. The number of hydrogen-bond acceptors (Lipinski definition) is 2. The summed E-state index contributed by atoms with van der Waals surface area (Å²) in [5.41, 5.74) is 1.09. The highest BCUT2D eigenvalue weighted by Crippen LogP contribution is 2.01. The van der Waals surface area contributed by atoms with Gasteiger partial charge in [-0.2, -0.15) is 0 Å². The van der Waals surface area contributed by atoms with Crippen LogP contribution in [0.2, 0.25) is 0 Å². The van der Waals surface area contributed by atoms with E-state index in [4.69, 9.17) is 0 Å². The van der Waals surface area contributed by atoms with Gasteiger partial charge < -0.3 is 10.2 Å². The Bertz CT molecular complexity index is 313. The van der Waals surface area contributed by atoms with E-state index >= 15 is 0 Å². The van der Waals surface area contributed by atoms with Crippen molar-refractivity contribution in [2.45, 2.75) is 26.3 Å². The summed E-state index contributed by atoms with van der Waals surface area (Å²) in [6.45, 7) is 3.46. The minimum absolute atomic E-state index is 0.0229. The third kappa shape index (κ3) is 4.29. The van der Waals surface area contributed by atoms with Crippen LogP contribution in [0.3, 0.4) is 0 Å². The van der Waals surface area contributed by atoms with E-state index in [0.717, 1.165) is 24.9 Å². The van der Waals surface area contributed by atoms with Gasteiger partial charge >= 0.3 is 6.03 Å². The third-order valence-electron chi connectivity index (χ3n) is 2.32. The molecule has 4 nitrogen and oxygen atoms in total. The minimum Gasteiger partial charge on any atom is -0.338 e. The van der Waals surface area contributed by atoms with E-state index in [1.165, 1.54) is 0 Å². The Hall–Kier alpha value is -1.58. The van der Waals surface area contributed by atoms with E-state index < -0.39 is 0 Å². The molecule has 16 heavy (non-hydrogen) atoms. The van der Waals surface area contributed by atoms with Crippen LogP contribution in [0.15, 0.2) is 24.5 Å². The van der Waals surface area contributed by atoms with Crippen molar-refractivity contribution in [2.24, 2.45) is 0 Å². The molecule has 1 N–H and O–H groups in total. The average molecular weight is 221 g/mol. The zero-order valence-electron chi connectivity index (χ0n) is 9.94. The van der Waals surface area contributed by atoms with Gasteiger partial charge in [-0.1, -0.05) is 13.3 Å². The topological polar surface area (TPSA) is 45.2 Å². The number of nitrogens with zero attached hydrogens (tertiary/aromatic N) is 2. The lowest BCUT2D eigenvalue weighted by Gasteiger charge is -2.17. The van der Waals surface area contributed by atoms with Crippen LogP contribution in [-0.2, 0) is 6.54 Å². The summed E-state index contributed by atoms with van der Waals surface area (Å²) < 4.78 is 0. The molecule has 0 fully saturated rings. The lowest BCUT2D eigenvalue weighted by molar-refractivity contribution is 0.207. The van der Waals surface area contributed by atoms with E-state index in [-0.39, 0.29) is 6.03 Å². The van der Waals surface area contributed by atoms with E-state index in [1.807, 2.05) is 12.1 Å². The summed E-state index contributed by atoms with van der Waals surface area (Å²) in [7, 11) is 1.79. The maximum atomic E-state index is 11.6. The highest BCUT2D eigenvalue weighted by atomic mass is 16.2. The van der Waals surface area contributed by atoms with Gasteiger partial charge in [0.05, 0.1) is 0 Å². The van der Waals surface area contributed by atoms with Crippen LogP contribution >= 0.6 is 0 Å². The molecule has 0 saturated carbocycles. The summed E-state index contributed by atoms with van der Waals surface area (Å²) in [6, 6.07) is 3.80. The normalized spacial score (nSPS) is 9.88. The van der Waals surface area contributed by atoms with Gasteiger partial charge in [0, 0.05) is 32.5 Å². The molecule has 4 heteroatoms. The zero-order valence-corrected chi connectivity index (χ0v) is 9.94. The molecule has 1 aromatic rings. The zero-order chi connectivity index (χ0) is 11.8.